The molecule has 0 amide bonds. The highest BCUT2D eigenvalue weighted by atomic mass is 14.6. The van der Waals surface area contributed by atoms with E-state index in [9.17, 15) is 0 Å². The summed E-state index contributed by atoms with van der Waals surface area (Å²) >= 11 is 0. The first kappa shape index (κ1) is 10.2. The second-order valence-electron chi connectivity index (χ2n) is 7.80. The van der Waals surface area contributed by atoms with Gasteiger partial charge in [0.2, 0.25) is 0 Å². The second-order valence-corrected chi connectivity index (χ2v) is 7.80. The zero-order valence-corrected chi connectivity index (χ0v) is 10.8. The zero-order chi connectivity index (χ0) is 10.8. The predicted molar refractivity (Wildman–Crippen MR) is 64.6 cm³/mol. The summed E-state index contributed by atoms with van der Waals surface area (Å²) in [6.45, 7) is 10.1. The van der Waals surface area contributed by atoms with Crippen molar-refractivity contribution in [2.75, 3.05) is 0 Å². The van der Waals surface area contributed by atoms with E-state index in [0.717, 1.165) is 29.1 Å². The van der Waals surface area contributed by atoms with Crippen LogP contribution in [0, 0.1) is 34.5 Å². The molecule has 0 heterocycles. The second kappa shape index (κ2) is 2.81. The Morgan fingerprint density at radius 3 is 2.33 bits per heavy atom. The smallest absolute Gasteiger partial charge is 0.0264 e. The lowest BCUT2D eigenvalue weighted by atomic mass is 9.45. The van der Waals surface area contributed by atoms with Gasteiger partial charge in [-0.1, -0.05) is 27.7 Å². The molecule has 3 aliphatic rings. The summed E-state index contributed by atoms with van der Waals surface area (Å²) < 4.78 is 0. The number of fused-ring (bicyclic) bond motifs is 3. The Morgan fingerprint density at radius 2 is 1.73 bits per heavy atom. The van der Waals surface area contributed by atoms with Gasteiger partial charge in [0.1, 0.15) is 0 Å². The van der Waals surface area contributed by atoms with Gasteiger partial charge in [-0.25, -0.2) is 0 Å². The molecule has 15 heavy (non-hydrogen) atoms. The molecule has 0 aromatic heterocycles. The Labute approximate surface area is 94.8 Å². The van der Waals surface area contributed by atoms with Gasteiger partial charge in [-0.15, -0.1) is 0 Å². The molecule has 3 rings (SSSR count). The van der Waals surface area contributed by atoms with Crippen molar-refractivity contribution in [3.63, 3.8) is 0 Å². The predicted octanol–water partition coefficient (Wildman–Crippen LogP) is 4.49. The van der Waals surface area contributed by atoms with E-state index in [1.165, 1.54) is 32.1 Å². The van der Waals surface area contributed by atoms with Crippen molar-refractivity contribution in [2.45, 2.75) is 59.8 Å². The standard InChI is InChI=1S/C15H26/c1-10-7-11-8-14(2,3)9-13(11)15(4)6-5-12(10)15/h10-13H,5-9H2,1-4H3. The van der Waals surface area contributed by atoms with Crippen LogP contribution in [0.1, 0.15) is 59.8 Å². The fourth-order valence-corrected chi connectivity index (χ4v) is 5.52. The molecule has 0 spiro atoms. The Bertz CT molecular complexity index is 278. The molecular weight excluding hydrogens is 180 g/mol. The van der Waals surface area contributed by atoms with Crippen molar-refractivity contribution in [3.05, 3.63) is 0 Å². The molecule has 3 saturated carbocycles. The molecule has 0 nitrogen and oxygen atoms in total. The highest BCUT2D eigenvalue weighted by Crippen LogP contribution is 2.67. The molecule has 0 aromatic carbocycles. The van der Waals surface area contributed by atoms with Gasteiger partial charge >= 0.3 is 0 Å². The average Bonchev–Trinajstić information content (AvgIpc) is 2.36. The summed E-state index contributed by atoms with van der Waals surface area (Å²) in [5, 5.41) is 0. The van der Waals surface area contributed by atoms with E-state index in [-0.39, 0.29) is 0 Å². The highest BCUT2D eigenvalue weighted by molar-refractivity contribution is 5.08. The van der Waals surface area contributed by atoms with Crippen molar-refractivity contribution in [1.29, 1.82) is 0 Å². The van der Waals surface area contributed by atoms with Crippen LogP contribution in [0.5, 0.6) is 0 Å². The van der Waals surface area contributed by atoms with E-state index < -0.39 is 0 Å². The first-order valence-corrected chi connectivity index (χ1v) is 6.92. The Hall–Kier alpha value is 0. The van der Waals surface area contributed by atoms with Crippen LogP contribution in [-0.4, -0.2) is 0 Å². The molecule has 3 fully saturated rings. The third-order valence-corrected chi connectivity index (χ3v) is 6.21. The fourth-order valence-electron chi connectivity index (χ4n) is 5.52. The molecule has 0 aliphatic heterocycles. The average molecular weight is 206 g/mol. The van der Waals surface area contributed by atoms with E-state index in [1.54, 1.807) is 0 Å². The van der Waals surface area contributed by atoms with Crippen LogP contribution in [-0.2, 0) is 0 Å². The molecule has 0 heteroatoms. The third-order valence-electron chi connectivity index (χ3n) is 6.21. The summed E-state index contributed by atoms with van der Waals surface area (Å²) in [7, 11) is 0. The van der Waals surface area contributed by atoms with Gasteiger partial charge in [0, 0.05) is 0 Å². The maximum Gasteiger partial charge on any atom is -0.0264 e. The fraction of sp³-hybridized carbons (Fsp3) is 1.00. The minimum atomic E-state index is 0.641. The van der Waals surface area contributed by atoms with Gasteiger partial charge < -0.3 is 0 Å². The van der Waals surface area contributed by atoms with E-state index in [2.05, 4.69) is 27.7 Å². The van der Waals surface area contributed by atoms with Crippen molar-refractivity contribution in [3.8, 4) is 0 Å². The SMILES string of the molecule is CC1CC2CC(C)(C)CC2C2(C)CCC12. The monoisotopic (exact) mass is 206 g/mol. The van der Waals surface area contributed by atoms with Crippen LogP contribution < -0.4 is 0 Å². The Balaban J connectivity index is 1.90. The van der Waals surface area contributed by atoms with Gasteiger partial charge in [-0.3, -0.25) is 0 Å². The Kier molecular flexibility index (Phi) is 1.91. The molecule has 86 valence electrons. The van der Waals surface area contributed by atoms with Crippen LogP contribution in [0.2, 0.25) is 0 Å². The zero-order valence-electron chi connectivity index (χ0n) is 10.8. The highest BCUT2D eigenvalue weighted by Gasteiger charge is 2.59. The van der Waals surface area contributed by atoms with E-state index in [0.29, 0.717) is 5.41 Å². The first-order chi connectivity index (χ1) is 6.92. The van der Waals surface area contributed by atoms with Gasteiger partial charge in [-0.05, 0) is 66.6 Å². The van der Waals surface area contributed by atoms with Gasteiger partial charge in [0.15, 0.2) is 0 Å². The lowest BCUT2D eigenvalue weighted by Crippen LogP contribution is -2.52. The number of hydrogen-bond donors (Lipinski definition) is 0. The van der Waals surface area contributed by atoms with Crippen LogP contribution in [0.15, 0.2) is 0 Å². The van der Waals surface area contributed by atoms with Crippen molar-refractivity contribution < 1.29 is 0 Å². The van der Waals surface area contributed by atoms with Gasteiger partial charge in [0.05, 0.1) is 0 Å². The lowest BCUT2D eigenvalue weighted by molar-refractivity contribution is -0.103. The van der Waals surface area contributed by atoms with E-state index >= 15 is 0 Å². The lowest BCUT2D eigenvalue weighted by Gasteiger charge is -2.59. The number of rotatable bonds is 0. The third kappa shape index (κ3) is 1.26. The van der Waals surface area contributed by atoms with Crippen LogP contribution in [0.3, 0.4) is 0 Å². The molecule has 5 unspecified atom stereocenters. The van der Waals surface area contributed by atoms with Crippen molar-refractivity contribution >= 4 is 0 Å². The summed E-state index contributed by atoms with van der Waals surface area (Å²) in [5.74, 6) is 4.23. The maximum atomic E-state index is 2.61. The molecule has 0 bridgehead atoms. The summed E-state index contributed by atoms with van der Waals surface area (Å²) in [5.41, 5.74) is 1.39. The Morgan fingerprint density at radius 1 is 1.00 bits per heavy atom. The minimum Gasteiger partial charge on any atom is -0.0622 e. The molecular formula is C15H26. The molecule has 0 radical (unpaired) electrons. The molecule has 5 atom stereocenters. The summed E-state index contributed by atoms with van der Waals surface area (Å²) in [6, 6.07) is 0. The first-order valence-electron chi connectivity index (χ1n) is 6.92. The van der Waals surface area contributed by atoms with E-state index in [1.807, 2.05) is 0 Å². The minimum absolute atomic E-state index is 0.641. The topological polar surface area (TPSA) is 0 Å². The molecule has 3 aliphatic carbocycles. The maximum absolute atomic E-state index is 2.61. The van der Waals surface area contributed by atoms with Gasteiger partial charge in [0.25, 0.3) is 0 Å². The molecule has 0 N–H and O–H groups in total. The van der Waals surface area contributed by atoms with Crippen LogP contribution >= 0.6 is 0 Å². The molecule has 0 saturated heterocycles. The largest absolute Gasteiger partial charge is 0.0622 e. The van der Waals surface area contributed by atoms with Gasteiger partial charge in [-0.2, -0.15) is 0 Å². The van der Waals surface area contributed by atoms with Crippen LogP contribution in [0.4, 0.5) is 0 Å². The summed E-state index contributed by atoms with van der Waals surface area (Å²) in [6.07, 6.45) is 7.61. The van der Waals surface area contributed by atoms with E-state index in [4.69, 9.17) is 0 Å². The van der Waals surface area contributed by atoms with Crippen molar-refractivity contribution in [2.24, 2.45) is 34.5 Å². The van der Waals surface area contributed by atoms with Crippen LogP contribution in [0.25, 0.3) is 0 Å². The molecule has 0 aromatic rings. The number of hydrogen-bond acceptors (Lipinski definition) is 0. The van der Waals surface area contributed by atoms with Crippen molar-refractivity contribution in [1.82, 2.24) is 0 Å². The normalized spacial score (nSPS) is 56.8. The quantitative estimate of drug-likeness (QED) is 0.547. The summed E-state index contributed by atoms with van der Waals surface area (Å²) in [4.78, 5) is 0.